The Morgan fingerprint density at radius 1 is 1.25 bits per heavy atom. The van der Waals surface area contributed by atoms with Crippen molar-refractivity contribution in [2.75, 3.05) is 38.1 Å². The van der Waals surface area contributed by atoms with Gasteiger partial charge >= 0.3 is 0 Å². The summed E-state index contributed by atoms with van der Waals surface area (Å²) >= 11 is 1.51. The van der Waals surface area contributed by atoms with E-state index in [1.807, 2.05) is 23.6 Å². The van der Waals surface area contributed by atoms with Crippen LogP contribution in [0.2, 0.25) is 0 Å². The summed E-state index contributed by atoms with van der Waals surface area (Å²) in [6.45, 7) is 3.71. The van der Waals surface area contributed by atoms with Crippen molar-refractivity contribution in [3.05, 3.63) is 51.7 Å². The number of rotatable bonds is 5. The molecule has 1 atom stereocenters. The number of piperazine rings is 1. The van der Waals surface area contributed by atoms with Gasteiger partial charge in [0.1, 0.15) is 6.29 Å². The van der Waals surface area contributed by atoms with E-state index in [1.165, 1.54) is 11.3 Å². The van der Waals surface area contributed by atoms with Gasteiger partial charge in [0.2, 0.25) is 5.91 Å². The van der Waals surface area contributed by atoms with E-state index in [0.29, 0.717) is 5.56 Å². The van der Waals surface area contributed by atoms with Crippen LogP contribution in [0.4, 0.5) is 5.69 Å². The molecule has 2 heterocycles. The van der Waals surface area contributed by atoms with Crippen molar-refractivity contribution in [1.29, 1.82) is 0 Å². The van der Waals surface area contributed by atoms with Gasteiger partial charge in [-0.15, -0.1) is 11.3 Å². The molecule has 0 aliphatic carbocycles. The third-order valence-electron chi connectivity index (χ3n) is 4.45. The minimum atomic E-state index is -0.528. The lowest BCUT2D eigenvalue weighted by Crippen LogP contribution is -2.45. The molecule has 1 fully saturated rings. The summed E-state index contributed by atoms with van der Waals surface area (Å²) in [6.07, 6.45) is 0.809. The number of hydrogen-bond acceptors (Lipinski definition) is 5. The average molecular weight is 343 g/mol. The van der Waals surface area contributed by atoms with E-state index >= 15 is 0 Å². The van der Waals surface area contributed by atoms with Crippen molar-refractivity contribution in [3.8, 4) is 0 Å². The predicted octanol–water partition coefficient (Wildman–Crippen LogP) is 1.93. The fourth-order valence-electron chi connectivity index (χ4n) is 3.12. The molecular formula is C18H21N3O2S. The second-order valence-electron chi connectivity index (χ2n) is 6.08. The molecule has 0 bridgehead atoms. The maximum absolute atomic E-state index is 12.2. The highest BCUT2D eigenvalue weighted by Crippen LogP contribution is 2.35. The predicted molar refractivity (Wildman–Crippen MR) is 96.9 cm³/mol. The molecule has 2 aromatic rings. The lowest BCUT2D eigenvalue weighted by molar-refractivity contribution is -0.118. The minimum Gasteiger partial charge on any atom is -0.369 e. The van der Waals surface area contributed by atoms with Crippen LogP contribution in [0.25, 0.3) is 0 Å². The maximum Gasteiger partial charge on any atom is 0.230 e. The lowest BCUT2D eigenvalue weighted by Gasteiger charge is -2.36. The zero-order chi connectivity index (χ0) is 17.1. The van der Waals surface area contributed by atoms with Crippen molar-refractivity contribution in [1.82, 2.24) is 4.90 Å². The van der Waals surface area contributed by atoms with Gasteiger partial charge in [-0.05, 0) is 42.3 Å². The first-order valence-corrected chi connectivity index (χ1v) is 8.83. The number of nitrogens with zero attached hydrogens (tertiary/aromatic N) is 2. The van der Waals surface area contributed by atoms with E-state index in [0.717, 1.165) is 48.6 Å². The summed E-state index contributed by atoms with van der Waals surface area (Å²) in [5.41, 5.74) is 8.10. The highest BCUT2D eigenvalue weighted by molar-refractivity contribution is 7.10. The van der Waals surface area contributed by atoms with Crippen LogP contribution in [0, 0.1) is 0 Å². The fraction of sp³-hybridized carbons (Fsp3) is 0.333. The average Bonchev–Trinajstić information content (AvgIpc) is 3.09. The van der Waals surface area contributed by atoms with Gasteiger partial charge in [-0.2, -0.15) is 0 Å². The molecule has 3 rings (SSSR count). The number of anilines is 1. The highest BCUT2D eigenvalue weighted by Gasteiger charge is 2.27. The first kappa shape index (κ1) is 16.7. The third kappa shape index (κ3) is 3.34. The number of hydrogen-bond donors (Lipinski definition) is 1. The van der Waals surface area contributed by atoms with Crippen LogP contribution in [-0.2, 0) is 4.79 Å². The Kier molecular flexibility index (Phi) is 4.97. The van der Waals surface area contributed by atoms with Gasteiger partial charge in [0.25, 0.3) is 0 Å². The summed E-state index contributed by atoms with van der Waals surface area (Å²) in [6, 6.07) is 9.37. The second-order valence-corrected chi connectivity index (χ2v) is 7.06. The number of carbonyl (C=O) groups excluding carboxylic acids is 2. The summed E-state index contributed by atoms with van der Waals surface area (Å²) < 4.78 is 0. The van der Waals surface area contributed by atoms with Crippen LogP contribution < -0.4 is 10.6 Å². The van der Waals surface area contributed by atoms with E-state index in [4.69, 9.17) is 5.73 Å². The molecule has 1 aromatic heterocycles. The van der Waals surface area contributed by atoms with E-state index in [2.05, 4.69) is 16.8 Å². The smallest absolute Gasteiger partial charge is 0.230 e. The van der Waals surface area contributed by atoms with Crippen molar-refractivity contribution in [3.63, 3.8) is 0 Å². The van der Waals surface area contributed by atoms with E-state index in [-0.39, 0.29) is 0 Å². The Labute approximate surface area is 145 Å². The van der Waals surface area contributed by atoms with Gasteiger partial charge < -0.3 is 15.5 Å². The monoisotopic (exact) mass is 343 g/mol. The maximum atomic E-state index is 12.2. The second kappa shape index (κ2) is 7.15. The van der Waals surface area contributed by atoms with Crippen molar-refractivity contribution in [2.45, 2.75) is 5.92 Å². The molecular weight excluding hydrogens is 322 g/mol. The van der Waals surface area contributed by atoms with Crippen LogP contribution in [0.15, 0.2) is 35.7 Å². The molecule has 1 unspecified atom stereocenters. The molecule has 1 aliphatic rings. The molecule has 126 valence electrons. The van der Waals surface area contributed by atoms with E-state index in [9.17, 15) is 9.59 Å². The number of carbonyl (C=O) groups is 2. The molecule has 0 radical (unpaired) electrons. The van der Waals surface area contributed by atoms with Crippen LogP contribution in [-0.4, -0.2) is 50.3 Å². The van der Waals surface area contributed by atoms with E-state index < -0.39 is 11.8 Å². The Morgan fingerprint density at radius 3 is 2.58 bits per heavy atom. The summed E-state index contributed by atoms with van der Waals surface area (Å²) in [7, 11) is 2.10. The topological polar surface area (TPSA) is 66.6 Å². The molecule has 5 nitrogen and oxygen atoms in total. The molecule has 1 aliphatic heterocycles. The molecule has 24 heavy (non-hydrogen) atoms. The van der Waals surface area contributed by atoms with Crippen LogP contribution in [0.1, 0.15) is 26.7 Å². The molecule has 1 aromatic carbocycles. The van der Waals surface area contributed by atoms with Crippen LogP contribution in [0.5, 0.6) is 0 Å². The first-order valence-electron chi connectivity index (χ1n) is 7.95. The number of likely N-dealkylation sites (N-methyl/N-ethyl adjacent to an activating group) is 1. The van der Waals surface area contributed by atoms with Gasteiger partial charge in [0.15, 0.2) is 0 Å². The highest BCUT2D eigenvalue weighted by atomic mass is 32.1. The van der Waals surface area contributed by atoms with Crippen molar-refractivity contribution in [2.24, 2.45) is 5.73 Å². The van der Waals surface area contributed by atoms with Gasteiger partial charge in [-0.3, -0.25) is 9.59 Å². The first-order chi connectivity index (χ1) is 11.6. The lowest BCUT2D eigenvalue weighted by atomic mass is 9.92. The standard InChI is InChI=1S/C18H21N3O2S/c1-20-6-8-21(9-7-20)15-5-4-13(12-22)11-14(15)17(18(19)23)16-3-2-10-24-16/h2-5,10-12,17H,6-9H2,1H3,(H2,19,23). The summed E-state index contributed by atoms with van der Waals surface area (Å²) in [5, 5.41) is 1.93. The molecule has 0 spiro atoms. The summed E-state index contributed by atoms with van der Waals surface area (Å²) in [5.74, 6) is -0.921. The number of aldehydes is 1. The molecule has 6 heteroatoms. The number of benzene rings is 1. The zero-order valence-electron chi connectivity index (χ0n) is 13.6. The van der Waals surface area contributed by atoms with Gasteiger partial charge in [0.05, 0.1) is 5.92 Å². The zero-order valence-corrected chi connectivity index (χ0v) is 14.5. The Hall–Kier alpha value is -2.18. The van der Waals surface area contributed by atoms with Gasteiger partial charge in [0, 0.05) is 42.3 Å². The number of amides is 1. The Bertz CT molecular complexity index is 722. The normalized spacial score (nSPS) is 16.8. The van der Waals surface area contributed by atoms with Gasteiger partial charge in [-0.25, -0.2) is 0 Å². The molecule has 1 saturated heterocycles. The number of primary amides is 1. The number of nitrogens with two attached hydrogens (primary N) is 1. The SMILES string of the molecule is CN1CCN(c2ccc(C=O)cc2C(C(N)=O)c2cccs2)CC1. The van der Waals surface area contributed by atoms with Crippen LogP contribution >= 0.6 is 11.3 Å². The van der Waals surface area contributed by atoms with Gasteiger partial charge in [-0.1, -0.05) is 6.07 Å². The number of thiophene rings is 1. The fourth-order valence-corrected chi connectivity index (χ4v) is 3.97. The van der Waals surface area contributed by atoms with Crippen LogP contribution in [0.3, 0.4) is 0 Å². The largest absolute Gasteiger partial charge is 0.369 e. The Morgan fingerprint density at radius 2 is 2.00 bits per heavy atom. The minimum absolute atomic E-state index is 0.393. The molecule has 2 N–H and O–H groups in total. The molecule has 0 saturated carbocycles. The Balaban J connectivity index is 2.06. The van der Waals surface area contributed by atoms with E-state index in [1.54, 1.807) is 12.1 Å². The summed E-state index contributed by atoms with van der Waals surface area (Å²) in [4.78, 5) is 28.9. The molecule has 1 amide bonds. The van der Waals surface area contributed by atoms with Crippen molar-refractivity contribution >= 4 is 29.2 Å². The third-order valence-corrected chi connectivity index (χ3v) is 5.39. The quantitative estimate of drug-likeness (QED) is 0.843. The van der Waals surface area contributed by atoms with Crippen molar-refractivity contribution < 1.29 is 9.59 Å².